The first-order valence-electron chi connectivity index (χ1n) is 9.66. The van der Waals surface area contributed by atoms with Gasteiger partial charge in [0, 0.05) is 45.3 Å². The topological polar surface area (TPSA) is 117 Å². The molecule has 9 nitrogen and oxygen atoms in total. The van der Waals surface area contributed by atoms with Crippen molar-refractivity contribution < 1.29 is 17.9 Å². The summed E-state index contributed by atoms with van der Waals surface area (Å²) in [7, 11) is -1.64. The average molecular weight is 553 g/mol. The summed E-state index contributed by atoms with van der Waals surface area (Å²) >= 11 is 0. The number of nitrogens with zero attached hydrogens (tertiary/aromatic N) is 3. The fraction of sp³-hybridized carbons (Fsp3) is 0.579. The van der Waals surface area contributed by atoms with Gasteiger partial charge in [0.05, 0.1) is 18.5 Å². The number of benzene rings is 1. The average Bonchev–Trinajstić information content (AvgIpc) is 2.68. The van der Waals surface area contributed by atoms with Crippen molar-refractivity contribution in [1.82, 2.24) is 14.5 Å². The lowest BCUT2D eigenvalue weighted by molar-refractivity contribution is 0.0904. The van der Waals surface area contributed by atoms with Crippen LogP contribution in [0.3, 0.4) is 0 Å². The number of halogens is 1. The normalized spacial score (nSPS) is 15.7. The first-order chi connectivity index (χ1) is 13.7. The maximum atomic E-state index is 12.5. The first kappa shape index (κ1) is 26.6. The SMILES string of the molecule is CN=C(NCc1cccc(C(N)=O)c1)N1CCN(S(=O)(=O)CCOC(C)C)CC1.I. The van der Waals surface area contributed by atoms with Crippen molar-refractivity contribution in [2.75, 3.05) is 45.6 Å². The maximum absolute atomic E-state index is 12.5. The zero-order chi connectivity index (χ0) is 21.4. The highest BCUT2D eigenvalue weighted by Crippen LogP contribution is 2.10. The molecule has 1 saturated heterocycles. The molecule has 0 spiro atoms. The van der Waals surface area contributed by atoms with Gasteiger partial charge >= 0.3 is 0 Å². The van der Waals surface area contributed by atoms with Crippen molar-refractivity contribution in [3.8, 4) is 0 Å². The van der Waals surface area contributed by atoms with Crippen molar-refractivity contribution in [3.63, 3.8) is 0 Å². The smallest absolute Gasteiger partial charge is 0.248 e. The summed E-state index contributed by atoms with van der Waals surface area (Å²) in [6, 6.07) is 7.10. The van der Waals surface area contributed by atoms with Crippen LogP contribution in [0.4, 0.5) is 0 Å². The van der Waals surface area contributed by atoms with Crippen molar-refractivity contribution >= 4 is 45.9 Å². The third-order valence-electron chi connectivity index (χ3n) is 4.60. The van der Waals surface area contributed by atoms with E-state index in [-0.39, 0.29) is 42.4 Å². The van der Waals surface area contributed by atoms with Gasteiger partial charge < -0.3 is 20.7 Å². The van der Waals surface area contributed by atoms with E-state index >= 15 is 0 Å². The van der Waals surface area contributed by atoms with Gasteiger partial charge in [-0.15, -0.1) is 24.0 Å². The molecule has 1 fully saturated rings. The predicted molar refractivity (Wildman–Crippen MR) is 129 cm³/mol. The quantitative estimate of drug-likeness (QED) is 0.280. The van der Waals surface area contributed by atoms with Gasteiger partial charge in [-0.2, -0.15) is 4.31 Å². The number of sulfonamides is 1. The van der Waals surface area contributed by atoms with E-state index in [2.05, 4.69) is 10.3 Å². The number of carbonyl (C=O) groups is 1. The lowest BCUT2D eigenvalue weighted by Gasteiger charge is -2.35. The summed E-state index contributed by atoms with van der Waals surface area (Å²) in [6.07, 6.45) is 0.0140. The highest BCUT2D eigenvalue weighted by Gasteiger charge is 2.28. The van der Waals surface area contributed by atoms with E-state index < -0.39 is 15.9 Å². The Morgan fingerprint density at radius 3 is 2.50 bits per heavy atom. The van der Waals surface area contributed by atoms with Gasteiger partial charge in [0.15, 0.2) is 5.96 Å². The minimum Gasteiger partial charge on any atom is -0.378 e. The van der Waals surface area contributed by atoms with Crippen LogP contribution >= 0.6 is 24.0 Å². The van der Waals surface area contributed by atoms with E-state index in [1.807, 2.05) is 24.8 Å². The predicted octanol–water partition coefficient (Wildman–Crippen LogP) is 0.851. The van der Waals surface area contributed by atoms with Crippen molar-refractivity contribution in [2.24, 2.45) is 10.7 Å². The fourth-order valence-electron chi connectivity index (χ4n) is 3.04. The highest BCUT2D eigenvalue weighted by molar-refractivity contribution is 14.0. The number of ether oxygens (including phenoxy) is 1. The molecule has 0 atom stereocenters. The van der Waals surface area contributed by atoms with Gasteiger partial charge in [0.2, 0.25) is 15.9 Å². The van der Waals surface area contributed by atoms with E-state index in [0.717, 1.165) is 5.56 Å². The molecular formula is C19H32IN5O4S. The van der Waals surface area contributed by atoms with E-state index in [9.17, 15) is 13.2 Å². The number of nitrogens with one attached hydrogen (secondary N) is 1. The molecule has 1 aliphatic heterocycles. The Bertz CT molecular complexity index is 824. The minimum atomic E-state index is -3.33. The molecule has 0 unspecified atom stereocenters. The number of piperazine rings is 1. The lowest BCUT2D eigenvalue weighted by atomic mass is 10.1. The van der Waals surface area contributed by atoms with E-state index in [1.54, 1.807) is 25.2 Å². The second-order valence-electron chi connectivity index (χ2n) is 7.09. The summed E-state index contributed by atoms with van der Waals surface area (Å²) < 4.78 is 31.8. The van der Waals surface area contributed by atoms with Crippen LogP contribution in [0.2, 0.25) is 0 Å². The number of rotatable bonds is 8. The Hall–Kier alpha value is -1.44. The molecule has 170 valence electrons. The van der Waals surface area contributed by atoms with Gasteiger partial charge in [0.1, 0.15) is 0 Å². The molecule has 0 bridgehead atoms. The number of hydrogen-bond donors (Lipinski definition) is 2. The summed E-state index contributed by atoms with van der Waals surface area (Å²) in [5.41, 5.74) is 6.69. The number of amides is 1. The minimum absolute atomic E-state index is 0. The van der Waals surface area contributed by atoms with Gasteiger partial charge in [0.25, 0.3) is 0 Å². The molecule has 2 rings (SSSR count). The zero-order valence-electron chi connectivity index (χ0n) is 17.7. The van der Waals surface area contributed by atoms with Crippen LogP contribution in [0.25, 0.3) is 0 Å². The summed E-state index contributed by atoms with van der Waals surface area (Å²) in [5.74, 6) is 0.218. The largest absolute Gasteiger partial charge is 0.378 e. The number of aliphatic imine (C=N–C) groups is 1. The maximum Gasteiger partial charge on any atom is 0.248 e. The van der Waals surface area contributed by atoms with E-state index in [1.165, 1.54) is 4.31 Å². The molecule has 1 heterocycles. The zero-order valence-corrected chi connectivity index (χ0v) is 20.9. The molecule has 1 aromatic rings. The van der Waals surface area contributed by atoms with Crippen molar-refractivity contribution in [3.05, 3.63) is 35.4 Å². The second-order valence-corrected chi connectivity index (χ2v) is 9.18. The molecule has 0 aliphatic carbocycles. The van der Waals surface area contributed by atoms with Gasteiger partial charge in [-0.1, -0.05) is 12.1 Å². The Labute approximate surface area is 196 Å². The molecule has 0 saturated carbocycles. The molecule has 3 N–H and O–H groups in total. The lowest BCUT2D eigenvalue weighted by Crippen LogP contribution is -2.54. The van der Waals surface area contributed by atoms with Gasteiger partial charge in [-0.05, 0) is 31.5 Å². The van der Waals surface area contributed by atoms with Gasteiger partial charge in [-0.3, -0.25) is 9.79 Å². The third kappa shape index (κ3) is 8.00. The van der Waals surface area contributed by atoms with Gasteiger partial charge in [-0.25, -0.2) is 8.42 Å². The number of primary amides is 1. The molecule has 1 amide bonds. The Morgan fingerprint density at radius 1 is 1.27 bits per heavy atom. The first-order valence-corrected chi connectivity index (χ1v) is 11.3. The molecular weight excluding hydrogens is 521 g/mol. The number of hydrogen-bond acceptors (Lipinski definition) is 5. The monoisotopic (exact) mass is 553 g/mol. The van der Waals surface area contributed by atoms with Crippen LogP contribution in [-0.2, 0) is 21.3 Å². The summed E-state index contributed by atoms with van der Waals surface area (Å²) in [4.78, 5) is 17.6. The molecule has 1 aromatic carbocycles. The molecule has 0 radical (unpaired) electrons. The third-order valence-corrected chi connectivity index (χ3v) is 6.43. The van der Waals surface area contributed by atoms with Crippen LogP contribution in [-0.4, -0.2) is 81.2 Å². The van der Waals surface area contributed by atoms with Crippen LogP contribution in [0, 0.1) is 0 Å². The molecule has 1 aliphatic rings. The highest BCUT2D eigenvalue weighted by atomic mass is 127. The van der Waals surface area contributed by atoms with Crippen LogP contribution in [0.15, 0.2) is 29.3 Å². The molecule has 0 aromatic heterocycles. The Kier molecular flexibility index (Phi) is 11.0. The van der Waals surface area contributed by atoms with Crippen LogP contribution < -0.4 is 11.1 Å². The number of guanidine groups is 1. The van der Waals surface area contributed by atoms with E-state index in [4.69, 9.17) is 10.5 Å². The van der Waals surface area contributed by atoms with Crippen LogP contribution in [0.1, 0.15) is 29.8 Å². The molecule has 11 heteroatoms. The van der Waals surface area contributed by atoms with E-state index in [0.29, 0.717) is 44.2 Å². The summed E-state index contributed by atoms with van der Waals surface area (Å²) in [5, 5.41) is 3.26. The molecule has 30 heavy (non-hydrogen) atoms. The standard InChI is InChI=1S/C19H31N5O4S.HI/c1-15(2)28-11-12-29(26,27)24-9-7-23(8-10-24)19(21-3)22-14-16-5-4-6-17(13-16)18(20)25;/h4-6,13,15H,7-12,14H2,1-3H3,(H2,20,25)(H,21,22);1H. The second kappa shape index (κ2) is 12.4. The summed E-state index contributed by atoms with van der Waals surface area (Å²) in [6.45, 7) is 6.36. The van der Waals surface area contributed by atoms with Crippen molar-refractivity contribution in [1.29, 1.82) is 0 Å². The van der Waals surface area contributed by atoms with Crippen LogP contribution in [0.5, 0.6) is 0 Å². The number of nitrogens with two attached hydrogens (primary N) is 1. The fourth-order valence-corrected chi connectivity index (χ4v) is 4.33. The Morgan fingerprint density at radius 2 is 1.93 bits per heavy atom. The number of carbonyl (C=O) groups excluding carboxylic acids is 1. The van der Waals surface area contributed by atoms with Crippen molar-refractivity contribution in [2.45, 2.75) is 26.5 Å². The Balaban J connectivity index is 0.00000450.